The quantitative estimate of drug-likeness (QED) is 0.293. The molecule has 0 bridgehead atoms. The van der Waals surface area contributed by atoms with E-state index in [0.29, 0.717) is 25.7 Å². The lowest BCUT2D eigenvalue weighted by atomic mass is 10.0. The number of rotatable bonds is 13. The first-order chi connectivity index (χ1) is 12.4. The van der Waals surface area contributed by atoms with Gasteiger partial charge in [0.15, 0.2) is 0 Å². The molecule has 0 aliphatic carbocycles. The lowest BCUT2D eigenvalue weighted by Gasteiger charge is -2.16. The number of carboxylic acid groups (broad SMARTS) is 1. The monoisotopic (exact) mass is 370 g/mol. The maximum Gasteiger partial charge on any atom is 0.303 e. The molecule has 6 nitrogen and oxygen atoms in total. The first-order valence-electron chi connectivity index (χ1n) is 9.68. The zero-order chi connectivity index (χ0) is 19.4. The second kappa shape index (κ2) is 13.0. The number of allylic oxidation sites excluding steroid dienone is 1. The second-order valence-electron chi connectivity index (χ2n) is 6.95. The lowest BCUT2D eigenvalue weighted by molar-refractivity contribution is -0.137. The van der Waals surface area contributed by atoms with E-state index in [0.717, 1.165) is 6.42 Å². The zero-order valence-electron chi connectivity index (χ0n) is 15.7. The summed E-state index contributed by atoms with van der Waals surface area (Å²) in [5.74, 6) is -0.889. The molecular weight excluding hydrogens is 336 g/mol. The van der Waals surface area contributed by atoms with Gasteiger partial charge in [0.05, 0.1) is 30.5 Å². The van der Waals surface area contributed by atoms with Crippen LogP contribution < -0.4 is 0 Å². The lowest BCUT2D eigenvalue weighted by Crippen LogP contribution is -2.24. The van der Waals surface area contributed by atoms with E-state index >= 15 is 0 Å². The molecule has 0 aromatic carbocycles. The average molecular weight is 370 g/mol. The molecule has 0 amide bonds. The number of aliphatic hydroxyl groups is 3. The number of unbranched alkanes of at least 4 members (excludes halogenated alkanes) is 3. The maximum absolute atomic E-state index is 10.4. The van der Waals surface area contributed by atoms with Gasteiger partial charge in [0.25, 0.3) is 0 Å². The van der Waals surface area contributed by atoms with Gasteiger partial charge in [-0.25, -0.2) is 0 Å². The van der Waals surface area contributed by atoms with Crippen LogP contribution in [0.5, 0.6) is 0 Å². The molecule has 1 fully saturated rings. The van der Waals surface area contributed by atoms with Crippen molar-refractivity contribution < 1.29 is 30.0 Å². The molecule has 0 spiro atoms. The van der Waals surface area contributed by atoms with Crippen LogP contribution in [0, 0.1) is 0 Å². The van der Waals surface area contributed by atoms with Crippen LogP contribution in [0.4, 0.5) is 0 Å². The fourth-order valence-corrected chi connectivity index (χ4v) is 2.98. The van der Waals surface area contributed by atoms with Crippen molar-refractivity contribution in [3.63, 3.8) is 0 Å². The van der Waals surface area contributed by atoms with Gasteiger partial charge in [-0.3, -0.25) is 4.79 Å². The molecule has 0 radical (unpaired) electrons. The molecule has 150 valence electrons. The maximum atomic E-state index is 10.4. The summed E-state index contributed by atoms with van der Waals surface area (Å²) in [4.78, 5) is 10.4. The van der Waals surface area contributed by atoms with Gasteiger partial charge in [0.1, 0.15) is 0 Å². The van der Waals surface area contributed by atoms with Crippen molar-refractivity contribution in [1.82, 2.24) is 0 Å². The molecular formula is C20H34O6. The van der Waals surface area contributed by atoms with Gasteiger partial charge in [0.2, 0.25) is 0 Å². The molecule has 0 aromatic rings. The van der Waals surface area contributed by atoms with Crippen LogP contribution in [-0.2, 0) is 9.53 Å². The van der Waals surface area contributed by atoms with E-state index in [1.807, 2.05) is 6.08 Å². The molecule has 1 heterocycles. The number of ether oxygens (including phenoxy) is 1. The van der Waals surface area contributed by atoms with Crippen molar-refractivity contribution in [2.45, 2.75) is 95.2 Å². The molecule has 1 saturated heterocycles. The Morgan fingerprint density at radius 2 is 1.96 bits per heavy atom. The van der Waals surface area contributed by atoms with Crippen LogP contribution in [0.3, 0.4) is 0 Å². The Labute approximate surface area is 156 Å². The predicted octanol–water partition coefficient (Wildman–Crippen LogP) is 2.56. The van der Waals surface area contributed by atoms with Crippen LogP contribution >= 0.6 is 0 Å². The summed E-state index contributed by atoms with van der Waals surface area (Å²) in [7, 11) is 0. The third-order valence-electron chi connectivity index (χ3n) is 4.56. The largest absolute Gasteiger partial charge is 0.481 e. The normalized spacial score (nSPS) is 25.9. The SMILES string of the molecule is CCCCC/C=C\C[C@H]1O[C@H]([C@@H](O)/C=C/[C@@H](O)CCCC(=O)O)C[C@@H]1O. The Balaban J connectivity index is 2.31. The van der Waals surface area contributed by atoms with Gasteiger partial charge in [-0.2, -0.15) is 0 Å². The first kappa shape index (κ1) is 22.8. The highest BCUT2D eigenvalue weighted by Gasteiger charge is 2.36. The van der Waals surface area contributed by atoms with E-state index in [9.17, 15) is 20.1 Å². The van der Waals surface area contributed by atoms with Crippen LogP contribution in [0.25, 0.3) is 0 Å². The van der Waals surface area contributed by atoms with E-state index in [1.165, 1.54) is 31.4 Å². The number of hydrogen-bond donors (Lipinski definition) is 4. The second-order valence-corrected chi connectivity index (χ2v) is 6.95. The molecule has 4 N–H and O–H groups in total. The summed E-state index contributed by atoms with van der Waals surface area (Å²) >= 11 is 0. The van der Waals surface area contributed by atoms with Crippen molar-refractivity contribution in [3.8, 4) is 0 Å². The molecule has 1 aliphatic rings. The Hall–Kier alpha value is -1.21. The first-order valence-corrected chi connectivity index (χ1v) is 9.68. The average Bonchev–Trinajstić information content (AvgIpc) is 2.96. The standard InChI is InChI=1S/C20H34O6/c1-2-3-4-5-6-7-10-18-17(23)14-19(26-18)16(22)13-12-15(21)9-8-11-20(24)25/h6-7,12-13,15-19,21-23H,2-5,8-11,14H2,1H3,(H,24,25)/b7-6-,13-12+/t15-,16-,17-,18+,19-/m0/s1. The van der Waals surface area contributed by atoms with Crippen molar-refractivity contribution in [3.05, 3.63) is 24.3 Å². The summed E-state index contributed by atoms with van der Waals surface area (Å²) in [6.07, 6.45) is 10.3. The molecule has 6 heteroatoms. The van der Waals surface area contributed by atoms with E-state index in [-0.39, 0.29) is 12.5 Å². The van der Waals surface area contributed by atoms with Gasteiger partial charge >= 0.3 is 5.97 Å². The molecule has 0 unspecified atom stereocenters. The Kier molecular flexibility index (Phi) is 11.4. The van der Waals surface area contributed by atoms with Gasteiger partial charge in [-0.15, -0.1) is 0 Å². The fourth-order valence-electron chi connectivity index (χ4n) is 2.98. The topological polar surface area (TPSA) is 107 Å². The van der Waals surface area contributed by atoms with Crippen molar-refractivity contribution in [1.29, 1.82) is 0 Å². The molecule has 1 rings (SSSR count). The molecule has 0 aromatic heterocycles. The minimum absolute atomic E-state index is 0.0129. The van der Waals surface area contributed by atoms with Gasteiger partial charge in [-0.1, -0.05) is 44.1 Å². The summed E-state index contributed by atoms with van der Waals surface area (Å²) in [5, 5.41) is 38.6. The summed E-state index contributed by atoms with van der Waals surface area (Å²) < 4.78 is 5.75. The Bertz CT molecular complexity index is 448. The van der Waals surface area contributed by atoms with Crippen LogP contribution in [0.15, 0.2) is 24.3 Å². The minimum atomic E-state index is -0.905. The number of aliphatic hydroxyl groups excluding tert-OH is 3. The van der Waals surface area contributed by atoms with Crippen LogP contribution in [0.1, 0.15) is 64.7 Å². The molecule has 0 saturated carbocycles. The molecule has 26 heavy (non-hydrogen) atoms. The van der Waals surface area contributed by atoms with E-state index in [4.69, 9.17) is 9.84 Å². The van der Waals surface area contributed by atoms with Crippen LogP contribution in [-0.4, -0.2) is 56.9 Å². The van der Waals surface area contributed by atoms with E-state index < -0.39 is 30.4 Å². The predicted molar refractivity (Wildman–Crippen MR) is 99.8 cm³/mol. The number of carbonyl (C=O) groups is 1. The molecule has 1 aliphatic heterocycles. The minimum Gasteiger partial charge on any atom is -0.481 e. The van der Waals surface area contributed by atoms with Crippen molar-refractivity contribution in [2.24, 2.45) is 0 Å². The van der Waals surface area contributed by atoms with Crippen LogP contribution in [0.2, 0.25) is 0 Å². The van der Waals surface area contributed by atoms with Crippen molar-refractivity contribution in [2.75, 3.05) is 0 Å². The summed E-state index contributed by atoms with van der Waals surface area (Å²) in [6.45, 7) is 2.17. The smallest absolute Gasteiger partial charge is 0.303 e. The zero-order valence-corrected chi connectivity index (χ0v) is 15.7. The summed E-state index contributed by atoms with van der Waals surface area (Å²) in [6, 6.07) is 0. The van der Waals surface area contributed by atoms with E-state index in [1.54, 1.807) is 0 Å². The highest BCUT2D eigenvalue weighted by atomic mass is 16.5. The highest BCUT2D eigenvalue weighted by molar-refractivity contribution is 5.66. The van der Waals surface area contributed by atoms with Gasteiger partial charge in [0, 0.05) is 12.8 Å². The Morgan fingerprint density at radius 3 is 2.65 bits per heavy atom. The van der Waals surface area contributed by atoms with Gasteiger partial charge in [-0.05, 0) is 32.1 Å². The highest BCUT2D eigenvalue weighted by Crippen LogP contribution is 2.26. The van der Waals surface area contributed by atoms with E-state index in [2.05, 4.69) is 13.0 Å². The number of carboxylic acids is 1. The number of hydrogen-bond acceptors (Lipinski definition) is 5. The number of aliphatic carboxylic acids is 1. The van der Waals surface area contributed by atoms with Crippen molar-refractivity contribution >= 4 is 5.97 Å². The third-order valence-corrected chi connectivity index (χ3v) is 4.56. The summed E-state index contributed by atoms with van der Waals surface area (Å²) in [5.41, 5.74) is 0. The fraction of sp³-hybridized carbons (Fsp3) is 0.750. The van der Waals surface area contributed by atoms with Gasteiger partial charge < -0.3 is 25.2 Å². The Morgan fingerprint density at radius 1 is 1.19 bits per heavy atom. The third kappa shape index (κ3) is 9.48. The molecule has 5 atom stereocenters.